The Labute approximate surface area is 125 Å². The van der Waals surface area contributed by atoms with E-state index in [0.29, 0.717) is 24.3 Å². The lowest BCUT2D eigenvalue weighted by Crippen LogP contribution is -2.39. The van der Waals surface area contributed by atoms with E-state index >= 15 is 0 Å². The number of hydrogen-bond donors (Lipinski definition) is 2. The first kappa shape index (κ1) is 16.8. The number of amides is 2. The first-order valence-electron chi connectivity index (χ1n) is 6.77. The minimum Gasteiger partial charge on any atom is -0.444 e. The highest BCUT2D eigenvalue weighted by Gasteiger charge is 2.19. The van der Waals surface area contributed by atoms with Gasteiger partial charge in [-0.15, -0.1) is 0 Å². The molecule has 1 aromatic rings. The highest BCUT2D eigenvalue weighted by atomic mass is 16.6. The molecule has 0 saturated heterocycles. The van der Waals surface area contributed by atoms with Gasteiger partial charge in [0.15, 0.2) is 0 Å². The van der Waals surface area contributed by atoms with E-state index < -0.39 is 11.7 Å². The molecule has 1 rings (SSSR count). The first-order chi connectivity index (χ1) is 9.69. The molecule has 0 heterocycles. The number of hydrogen-bond acceptors (Lipinski definition) is 4. The molecule has 0 aliphatic rings. The number of carbonyl (C=O) groups excluding carboxylic acids is 2. The van der Waals surface area contributed by atoms with Crippen LogP contribution in [-0.2, 0) is 4.74 Å². The maximum absolute atomic E-state index is 11.8. The van der Waals surface area contributed by atoms with Gasteiger partial charge in [-0.2, -0.15) is 0 Å². The normalized spacial score (nSPS) is 10.9. The molecule has 6 nitrogen and oxygen atoms in total. The summed E-state index contributed by atoms with van der Waals surface area (Å²) < 4.78 is 5.22. The number of ether oxygens (including phenoxy) is 1. The monoisotopic (exact) mass is 293 g/mol. The van der Waals surface area contributed by atoms with Crippen LogP contribution in [0, 0.1) is 0 Å². The number of nitrogens with zero attached hydrogens (tertiary/aromatic N) is 1. The lowest BCUT2D eigenvalue weighted by molar-refractivity contribution is 0.0299. The quantitative estimate of drug-likeness (QED) is 0.830. The van der Waals surface area contributed by atoms with Crippen molar-refractivity contribution < 1.29 is 14.3 Å². The van der Waals surface area contributed by atoms with Crippen molar-refractivity contribution in [1.82, 2.24) is 10.2 Å². The third kappa shape index (κ3) is 6.16. The standard InChI is InChI=1S/C15H23N3O3/c1-15(2,3)21-14(20)18(4)10-9-17-13(19)11-5-7-12(16)8-6-11/h5-8H,9-10,16H2,1-4H3,(H,17,19). The van der Waals surface area contributed by atoms with Gasteiger partial charge in [-0.05, 0) is 45.0 Å². The van der Waals surface area contributed by atoms with E-state index in [1.807, 2.05) is 20.8 Å². The third-order valence-electron chi connectivity index (χ3n) is 2.61. The molecule has 0 aliphatic heterocycles. The molecule has 0 aromatic heterocycles. The minimum absolute atomic E-state index is 0.201. The van der Waals surface area contributed by atoms with Crippen LogP contribution in [-0.4, -0.2) is 42.6 Å². The molecule has 6 heteroatoms. The van der Waals surface area contributed by atoms with Crippen LogP contribution in [0.1, 0.15) is 31.1 Å². The number of nitrogens with two attached hydrogens (primary N) is 1. The summed E-state index contributed by atoms with van der Waals surface area (Å²) in [5, 5.41) is 2.74. The van der Waals surface area contributed by atoms with Gasteiger partial charge in [0.25, 0.3) is 5.91 Å². The smallest absolute Gasteiger partial charge is 0.410 e. The largest absolute Gasteiger partial charge is 0.444 e. The van der Waals surface area contributed by atoms with Crippen molar-refractivity contribution >= 4 is 17.7 Å². The fourth-order valence-corrected chi connectivity index (χ4v) is 1.50. The Kier molecular flexibility index (Phi) is 5.58. The lowest BCUT2D eigenvalue weighted by Gasteiger charge is -2.24. The molecule has 116 valence electrons. The zero-order chi connectivity index (χ0) is 16.0. The average molecular weight is 293 g/mol. The Balaban J connectivity index is 2.37. The summed E-state index contributed by atoms with van der Waals surface area (Å²) in [6, 6.07) is 6.65. The Morgan fingerprint density at radius 3 is 2.33 bits per heavy atom. The van der Waals surface area contributed by atoms with E-state index in [1.54, 1.807) is 31.3 Å². The van der Waals surface area contributed by atoms with Crippen molar-refractivity contribution in [2.45, 2.75) is 26.4 Å². The molecule has 0 bridgehead atoms. The van der Waals surface area contributed by atoms with E-state index in [2.05, 4.69) is 5.32 Å². The number of nitrogen functional groups attached to an aromatic ring is 1. The SMILES string of the molecule is CN(CCNC(=O)c1ccc(N)cc1)C(=O)OC(C)(C)C. The van der Waals surface area contributed by atoms with Gasteiger partial charge < -0.3 is 20.7 Å². The summed E-state index contributed by atoms with van der Waals surface area (Å²) in [6.07, 6.45) is -0.413. The zero-order valence-electron chi connectivity index (χ0n) is 13.0. The van der Waals surface area contributed by atoms with Gasteiger partial charge >= 0.3 is 6.09 Å². The van der Waals surface area contributed by atoms with Gasteiger partial charge in [0.05, 0.1) is 0 Å². The Morgan fingerprint density at radius 2 is 1.81 bits per heavy atom. The highest BCUT2D eigenvalue weighted by molar-refractivity contribution is 5.94. The molecule has 0 saturated carbocycles. The van der Waals surface area contributed by atoms with Gasteiger partial charge in [0.1, 0.15) is 5.60 Å². The molecule has 21 heavy (non-hydrogen) atoms. The molecule has 0 atom stereocenters. The number of nitrogens with one attached hydrogen (secondary N) is 1. The van der Waals surface area contributed by atoms with E-state index in [9.17, 15) is 9.59 Å². The Hall–Kier alpha value is -2.24. The lowest BCUT2D eigenvalue weighted by atomic mass is 10.2. The van der Waals surface area contributed by atoms with Crippen LogP contribution in [0.3, 0.4) is 0 Å². The maximum Gasteiger partial charge on any atom is 0.410 e. The fourth-order valence-electron chi connectivity index (χ4n) is 1.50. The summed E-state index contributed by atoms with van der Waals surface area (Å²) in [4.78, 5) is 25.0. The van der Waals surface area contributed by atoms with Crippen molar-refractivity contribution in [1.29, 1.82) is 0 Å². The predicted molar refractivity (Wildman–Crippen MR) is 82.1 cm³/mol. The molecule has 0 unspecified atom stereocenters. The van der Waals surface area contributed by atoms with Gasteiger partial charge in [0, 0.05) is 31.4 Å². The van der Waals surface area contributed by atoms with E-state index in [1.165, 1.54) is 4.90 Å². The maximum atomic E-state index is 11.8. The van der Waals surface area contributed by atoms with E-state index in [0.717, 1.165) is 0 Å². The van der Waals surface area contributed by atoms with Crippen LogP contribution >= 0.6 is 0 Å². The third-order valence-corrected chi connectivity index (χ3v) is 2.61. The minimum atomic E-state index is -0.529. The average Bonchev–Trinajstić information content (AvgIpc) is 2.37. The fraction of sp³-hybridized carbons (Fsp3) is 0.467. The van der Waals surface area contributed by atoms with Crippen molar-refractivity contribution in [2.24, 2.45) is 0 Å². The first-order valence-corrected chi connectivity index (χ1v) is 6.77. The predicted octanol–water partition coefficient (Wildman–Crippen LogP) is 1.87. The van der Waals surface area contributed by atoms with Gasteiger partial charge in [0.2, 0.25) is 0 Å². The number of carbonyl (C=O) groups is 2. The van der Waals surface area contributed by atoms with Crippen molar-refractivity contribution in [3.63, 3.8) is 0 Å². The highest BCUT2D eigenvalue weighted by Crippen LogP contribution is 2.09. The van der Waals surface area contributed by atoms with Crippen LogP contribution in [0.4, 0.5) is 10.5 Å². The van der Waals surface area contributed by atoms with Gasteiger partial charge in [-0.3, -0.25) is 4.79 Å². The molecule has 0 aliphatic carbocycles. The molecule has 0 radical (unpaired) electrons. The number of anilines is 1. The van der Waals surface area contributed by atoms with Gasteiger partial charge in [-0.25, -0.2) is 4.79 Å². The summed E-state index contributed by atoms with van der Waals surface area (Å²) >= 11 is 0. The Morgan fingerprint density at radius 1 is 1.24 bits per heavy atom. The van der Waals surface area contributed by atoms with Crippen LogP contribution in [0.2, 0.25) is 0 Å². The second kappa shape index (κ2) is 6.97. The van der Waals surface area contributed by atoms with E-state index in [4.69, 9.17) is 10.5 Å². The molecular formula is C15H23N3O3. The number of rotatable bonds is 4. The molecule has 3 N–H and O–H groups in total. The number of benzene rings is 1. The zero-order valence-corrected chi connectivity index (χ0v) is 13.0. The van der Waals surface area contributed by atoms with Crippen LogP contribution in [0.5, 0.6) is 0 Å². The van der Waals surface area contributed by atoms with Crippen LogP contribution in [0.25, 0.3) is 0 Å². The van der Waals surface area contributed by atoms with Crippen molar-refractivity contribution in [2.75, 3.05) is 25.9 Å². The number of likely N-dealkylation sites (N-methyl/N-ethyl adjacent to an activating group) is 1. The Bertz CT molecular complexity index is 492. The summed E-state index contributed by atoms with van der Waals surface area (Å²) in [7, 11) is 1.63. The molecule has 1 aromatic carbocycles. The molecular weight excluding hydrogens is 270 g/mol. The summed E-state index contributed by atoms with van der Waals surface area (Å²) in [5.41, 5.74) is 6.17. The summed E-state index contributed by atoms with van der Waals surface area (Å²) in [5.74, 6) is -0.201. The van der Waals surface area contributed by atoms with Crippen LogP contribution in [0.15, 0.2) is 24.3 Å². The molecule has 0 spiro atoms. The van der Waals surface area contributed by atoms with Crippen molar-refractivity contribution in [3.05, 3.63) is 29.8 Å². The second-order valence-electron chi connectivity index (χ2n) is 5.78. The van der Waals surface area contributed by atoms with Crippen molar-refractivity contribution in [3.8, 4) is 0 Å². The van der Waals surface area contributed by atoms with E-state index in [-0.39, 0.29) is 5.91 Å². The second-order valence-corrected chi connectivity index (χ2v) is 5.78. The van der Waals surface area contributed by atoms with Gasteiger partial charge in [-0.1, -0.05) is 0 Å². The summed E-state index contributed by atoms with van der Waals surface area (Å²) in [6.45, 7) is 6.14. The molecule has 2 amide bonds. The van der Waals surface area contributed by atoms with Crippen LogP contribution < -0.4 is 11.1 Å². The topological polar surface area (TPSA) is 84.7 Å². The molecule has 0 fully saturated rings.